The maximum atomic E-state index is 10.0. The van der Waals surface area contributed by atoms with Crippen LogP contribution >= 0.6 is 0 Å². The van der Waals surface area contributed by atoms with Crippen molar-refractivity contribution in [2.24, 2.45) is 19.6 Å². The van der Waals surface area contributed by atoms with E-state index in [-0.39, 0.29) is 0 Å². The number of hydrogen-bond acceptors (Lipinski definition) is 5. The molecule has 0 spiro atoms. The SMILES string of the molecule is O=S1(=O)N=NON=N1. The van der Waals surface area contributed by atoms with Gasteiger partial charge in [0.05, 0.1) is 10.6 Å². The molecule has 0 saturated heterocycles. The Morgan fingerprint density at radius 3 is 1.88 bits per heavy atom. The summed E-state index contributed by atoms with van der Waals surface area (Å²) in [5.41, 5.74) is 0. The third-order valence-electron chi connectivity index (χ3n) is 0.346. The van der Waals surface area contributed by atoms with E-state index in [1.807, 2.05) is 0 Å². The lowest BCUT2D eigenvalue weighted by Crippen LogP contribution is -1.90. The molecular weight excluding hydrogens is 136 g/mol. The standard InChI is InChI=1S/N4O3S/c5-8(6)3-1-7-2-4-8. The molecule has 0 unspecified atom stereocenters. The van der Waals surface area contributed by atoms with Gasteiger partial charge < -0.3 is 0 Å². The Kier molecular flexibility index (Phi) is 0.938. The zero-order chi connectivity index (χ0) is 6.04. The number of nitrogens with zero attached hydrogens (tertiary/aromatic N) is 4. The van der Waals surface area contributed by atoms with Crippen LogP contribution in [0.25, 0.3) is 0 Å². The fraction of sp³-hybridized carbons (Fsp3) is 0. The van der Waals surface area contributed by atoms with Crippen molar-refractivity contribution in [2.75, 3.05) is 0 Å². The largest absolute Gasteiger partial charge is 0.403 e. The van der Waals surface area contributed by atoms with E-state index in [4.69, 9.17) is 0 Å². The summed E-state index contributed by atoms with van der Waals surface area (Å²) in [4.78, 5) is 3.74. The van der Waals surface area contributed by atoms with Crippen molar-refractivity contribution in [3.63, 3.8) is 0 Å². The van der Waals surface area contributed by atoms with Gasteiger partial charge in [0.2, 0.25) is 0 Å². The first-order chi connectivity index (χ1) is 3.71. The molecule has 0 aromatic rings. The summed E-state index contributed by atoms with van der Waals surface area (Å²) in [6.07, 6.45) is 0. The van der Waals surface area contributed by atoms with Gasteiger partial charge in [0, 0.05) is 9.04 Å². The third-order valence-corrected chi connectivity index (χ3v) is 0.892. The molecule has 0 amide bonds. The van der Waals surface area contributed by atoms with Crippen LogP contribution in [-0.4, -0.2) is 8.42 Å². The van der Waals surface area contributed by atoms with Crippen LogP contribution in [0.5, 0.6) is 0 Å². The second-order valence-electron chi connectivity index (χ2n) is 0.856. The second kappa shape index (κ2) is 1.47. The van der Waals surface area contributed by atoms with E-state index < -0.39 is 10.2 Å². The molecule has 8 heavy (non-hydrogen) atoms. The molecule has 0 atom stereocenters. The minimum Gasteiger partial charge on any atom is -0.202 e. The van der Waals surface area contributed by atoms with Crippen molar-refractivity contribution in [2.45, 2.75) is 0 Å². The summed E-state index contributed by atoms with van der Waals surface area (Å²) in [5.74, 6) is 0. The van der Waals surface area contributed by atoms with Crippen LogP contribution in [0.3, 0.4) is 0 Å². The van der Waals surface area contributed by atoms with Crippen LogP contribution in [0.15, 0.2) is 19.6 Å². The highest BCUT2D eigenvalue weighted by atomic mass is 32.2. The maximum Gasteiger partial charge on any atom is 0.403 e. The lowest BCUT2D eigenvalue weighted by molar-refractivity contribution is 0.115. The van der Waals surface area contributed by atoms with Crippen molar-refractivity contribution >= 4 is 10.2 Å². The summed E-state index contributed by atoms with van der Waals surface area (Å²) in [7, 11) is -3.79. The minimum atomic E-state index is -3.79. The molecule has 1 rings (SSSR count). The van der Waals surface area contributed by atoms with E-state index in [2.05, 4.69) is 24.5 Å². The van der Waals surface area contributed by atoms with E-state index in [0.717, 1.165) is 0 Å². The Hall–Kier alpha value is -1.05. The molecule has 0 aromatic heterocycles. The van der Waals surface area contributed by atoms with Crippen LogP contribution in [0.4, 0.5) is 0 Å². The summed E-state index contributed by atoms with van der Waals surface area (Å²) in [6, 6.07) is 0. The van der Waals surface area contributed by atoms with E-state index >= 15 is 0 Å². The number of hydrogen-bond donors (Lipinski definition) is 0. The Labute approximate surface area is 44.2 Å². The Balaban J connectivity index is 3.03. The van der Waals surface area contributed by atoms with E-state index in [0.29, 0.717) is 0 Å². The first kappa shape index (κ1) is 5.09. The van der Waals surface area contributed by atoms with Crippen molar-refractivity contribution in [3.05, 3.63) is 0 Å². The molecule has 7 nitrogen and oxygen atoms in total. The summed E-state index contributed by atoms with van der Waals surface area (Å²) in [5, 5.41) is 5.21. The zero-order valence-electron chi connectivity index (χ0n) is 3.42. The molecule has 0 saturated carbocycles. The van der Waals surface area contributed by atoms with E-state index in [9.17, 15) is 8.42 Å². The lowest BCUT2D eigenvalue weighted by Gasteiger charge is -1.87. The van der Waals surface area contributed by atoms with E-state index in [1.54, 1.807) is 0 Å². The van der Waals surface area contributed by atoms with E-state index in [1.165, 1.54) is 0 Å². The average molecular weight is 136 g/mol. The van der Waals surface area contributed by atoms with Gasteiger partial charge in [-0.1, -0.05) is 0 Å². The molecule has 1 heterocycles. The third kappa shape index (κ3) is 0.964. The molecule has 8 heteroatoms. The van der Waals surface area contributed by atoms with Crippen molar-refractivity contribution in [1.29, 1.82) is 0 Å². The molecule has 0 aromatic carbocycles. The highest BCUT2D eigenvalue weighted by Gasteiger charge is 2.08. The molecule has 0 N–H and O–H groups in total. The van der Waals surface area contributed by atoms with Crippen molar-refractivity contribution in [3.8, 4) is 0 Å². The quantitative estimate of drug-likeness (QED) is 0.468. The average Bonchev–Trinajstić information content (AvgIpc) is 1.65. The summed E-state index contributed by atoms with van der Waals surface area (Å²) < 4.78 is 25.3. The summed E-state index contributed by atoms with van der Waals surface area (Å²) >= 11 is 0. The summed E-state index contributed by atoms with van der Waals surface area (Å²) in [6.45, 7) is 0. The highest BCUT2D eigenvalue weighted by molar-refractivity contribution is 7.88. The van der Waals surface area contributed by atoms with Crippen LogP contribution in [-0.2, 0) is 15.1 Å². The molecule has 1 aliphatic rings. The molecule has 0 fully saturated rings. The molecule has 0 aliphatic carbocycles. The van der Waals surface area contributed by atoms with Crippen LogP contribution in [0, 0.1) is 0 Å². The van der Waals surface area contributed by atoms with Gasteiger partial charge in [-0.2, -0.15) is 8.42 Å². The maximum absolute atomic E-state index is 10.0. The van der Waals surface area contributed by atoms with Crippen molar-refractivity contribution in [1.82, 2.24) is 0 Å². The van der Waals surface area contributed by atoms with Crippen LogP contribution < -0.4 is 0 Å². The van der Waals surface area contributed by atoms with Gasteiger partial charge >= 0.3 is 10.2 Å². The normalized spacial score (nSPS) is 22.5. The predicted molar refractivity (Wildman–Crippen MR) is 19.7 cm³/mol. The Morgan fingerprint density at radius 2 is 1.62 bits per heavy atom. The molecular formula is N4O3S. The van der Waals surface area contributed by atoms with Crippen molar-refractivity contribution < 1.29 is 13.4 Å². The molecule has 0 bridgehead atoms. The van der Waals surface area contributed by atoms with Gasteiger partial charge in [0.1, 0.15) is 0 Å². The first-order valence-electron chi connectivity index (χ1n) is 1.46. The van der Waals surface area contributed by atoms with Gasteiger partial charge in [-0.05, 0) is 0 Å². The zero-order valence-corrected chi connectivity index (χ0v) is 4.24. The number of rotatable bonds is 0. The van der Waals surface area contributed by atoms with Gasteiger partial charge in [-0.15, -0.1) is 0 Å². The van der Waals surface area contributed by atoms with Gasteiger partial charge in [0.25, 0.3) is 0 Å². The van der Waals surface area contributed by atoms with Crippen LogP contribution in [0.2, 0.25) is 0 Å². The second-order valence-corrected chi connectivity index (χ2v) is 2.08. The highest BCUT2D eigenvalue weighted by Crippen LogP contribution is 2.02. The monoisotopic (exact) mass is 136 g/mol. The van der Waals surface area contributed by atoms with Crippen LogP contribution in [0.1, 0.15) is 0 Å². The Bertz CT molecular complexity index is 204. The lowest BCUT2D eigenvalue weighted by atomic mass is 12.9. The van der Waals surface area contributed by atoms with Gasteiger partial charge in [-0.25, -0.2) is 4.94 Å². The smallest absolute Gasteiger partial charge is 0.202 e. The van der Waals surface area contributed by atoms with Gasteiger partial charge in [-0.3, -0.25) is 0 Å². The minimum absolute atomic E-state index is 2.58. The fourth-order valence-electron chi connectivity index (χ4n) is 0.147. The molecule has 44 valence electrons. The first-order valence-corrected chi connectivity index (χ1v) is 2.86. The topological polar surface area (TPSA) is 92.8 Å². The Morgan fingerprint density at radius 1 is 1.12 bits per heavy atom. The fourth-order valence-corrected chi connectivity index (χ4v) is 0.408. The predicted octanol–water partition coefficient (Wildman–Crippen LogP) is -0.00420. The molecule has 0 radical (unpaired) electrons. The molecule has 1 aliphatic heterocycles. The van der Waals surface area contributed by atoms with Gasteiger partial charge in [0.15, 0.2) is 0 Å².